The van der Waals surface area contributed by atoms with Gasteiger partial charge in [-0.3, -0.25) is 4.39 Å². The maximum absolute atomic E-state index is 13.0. The van der Waals surface area contributed by atoms with Crippen LogP contribution in [0, 0.1) is 11.8 Å². The minimum Gasteiger partial charge on any atom is -0.444 e. The van der Waals surface area contributed by atoms with Gasteiger partial charge in [0, 0.05) is 18.8 Å². The molecule has 0 saturated heterocycles. The van der Waals surface area contributed by atoms with E-state index in [2.05, 4.69) is 10.6 Å². The largest absolute Gasteiger partial charge is 0.444 e. The number of nitrogens with one attached hydrogen (secondary N) is 2. The minimum absolute atomic E-state index is 0.0160. The monoisotopic (exact) mass is 310 g/mol. The molecule has 2 atom stereocenters. The third kappa shape index (κ3) is 7.29. The maximum atomic E-state index is 13.0. The highest BCUT2D eigenvalue weighted by Gasteiger charge is 2.21. The summed E-state index contributed by atoms with van der Waals surface area (Å²) in [6.45, 7) is 7.82. The topological polar surface area (TPSA) is 50.4 Å². The predicted molar refractivity (Wildman–Crippen MR) is 87.8 cm³/mol. The number of benzene rings is 1. The molecule has 0 spiro atoms. The average Bonchev–Trinajstić information content (AvgIpc) is 2.45. The lowest BCUT2D eigenvalue weighted by Crippen LogP contribution is -2.39. The minimum atomic E-state index is -0.534. The number of amides is 1. The Morgan fingerprint density at radius 3 is 2.41 bits per heavy atom. The number of ether oxygens (including phenoxy) is 1. The Morgan fingerprint density at radius 1 is 1.23 bits per heavy atom. The van der Waals surface area contributed by atoms with Gasteiger partial charge in [0.25, 0.3) is 0 Å². The summed E-state index contributed by atoms with van der Waals surface area (Å²) >= 11 is 0. The van der Waals surface area contributed by atoms with Crippen LogP contribution >= 0.6 is 0 Å². The van der Waals surface area contributed by atoms with Crippen LogP contribution in [0.1, 0.15) is 27.7 Å². The van der Waals surface area contributed by atoms with E-state index < -0.39 is 18.4 Å². The van der Waals surface area contributed by atoms with E-state index in [1.807, 2.05) is 58.0 Å². The summed E-state index contributed by atoms with van der Waals surface area (Å²) in [5.74, 6) is -0.163. The standard InChI is InChI=1S/C17H27FN2O2/c1-13(10-18)14(11-19-15-8-6-5-7-9-15)12-20-16(21)22-17(2,3)4/h5-9,13-14,19H,10-12H2,1-4H3,(H,20,21). The molecule has 0 radical (unpaired) electrons. The molecule has 0 aliphatic rings. The number of alkyl halides is 1. The van der Waals surface area contributed by atoms with E-state index in [1.165, 1.54) is 0 Å². The number of anilines is 1. The fourth-order valence-corrected chi connectivity index (χ4v) is 1.93. The van der Waals surface area contributed by atoms with Crippen molar-refractivity contribution in [2.24, 2.45) is 11.8 Å². The third-order valence-corrected chi connectivity index (χ3v) is 3.30. The van der Waals surface area contributed by atoms with Crippen LogP contribution in [-0.2, 0) is 4.74 Å². The second kappa shape index (κ2) is 8.61. The fourth-order valence-electron chi connectivity index (χ4n) is 1.93. The van der Waals surface area contributed by atoms with Gasteiger partial charge in [0.15, 0.2) is 0 Å². The Kier molecular flexibility index (Phi) is 7.15. The Bertz CT molecular complexity index is 446. The summed E-state index contributed by atoms with van der Waals surface area (Å²) in [5.41, 5.74) is 0.448. The molecule has 1 amide bonds. The number of carbonyl (C=O) groups excluding carboxylic acids is 1. The lowest BCUT2D eigenvalue weighted by molar-refractivity contribution is 0.0513. The van der Waals surface area contributed by atoms with Crippen molar-refractivity contribution in [3.63, 3.8) is 0 Å². The van der Waals surface area contributed by atoms with Crippen LogP contribution < -0.4 is 10.6 Å². The SMILES string of the molecule is CC(CF)C(CNC(=O)OC(C)(C)C)CNc1ccccc1. The zero-order valence-electron chi connectivity index (χ0n) is 13.9. The van der Waals surface area contributed by atoms with Crippen molar-refractivity contribution in [2.75, 3.05) is 25.1 Å². The van der Waals surface area contributed by atoms with E-state index in [-0.39, 0.29) is 11.8 Å². The van der Waals surface area contributed by atoms with Crippen molar-refractivity contribution >= 4 is 11.8 Å². The summed E-state index contributed by atoms with van der Waals surface area (Å²) < 4.78 is 18.2. The van der Waals surface area contributed by atoms with Crippen LogP contribution in [-0.4, -0.2) is 31.5 Å². The zero-order chi connectivity index (χ0) is 16.6. The number of carbonyl (C=O) groups is 1. The van der Waals surface area contributed by atoms with E-state index in [4.69, 9.17) is 4.74 Å². The first-order chi connectivity index (χ1) is 10.3. The molecule has 0 saturated carbocycles. The van der Waals surface area contributed by atoms with Crippen molar-refractivity contribution in [3.8, 4) is 0 Å². The van der Waals surface area contributed by atoms with Crippen LogP contribution in [0.5, 0.6) is 0 Å². The van der Waals surface area contributed by atoms with Gasteiger partial charge in [-0.25, -0.2) is 4.79 Å². The molecule has 2 unspecified atom stereocenters. The quantitative estimate of drug-likeness (QED) is 0.804. The maximum Gasteiger partial charge on any atom is 0.407 e. The van der Waals surface area contributed by atoms with Crippen molar-refractivity contribution in [1.82, 2.24) is 5.32 Å². The van der Waals surface area contributed by atoms with Gasteiger partial charge < -0.3 is 15.4 Å². The molecule has 22 heavy (non-hydrogen) atoms. The van der Waals surface area contributed by atoms with Crippen molar-refractivity contribution < 1.29 is 13.9 Å². The zero-order valence-corrected chi connectivity index (χ0v) is 13.9. The normalized spacial score (nSPS) is 14.0. The Labute approximate surface area is 132 Å². The van der Waals surface area contributed by atoms with Crippen molar-refractivity contribution in [3.05, 3.63) is 30.3 Å². The van der Waals surface area contributed by atoms with Gasteiger partial charge in [0.2, 0.25) is 0 Å². The third-order valence-electron chi connectivity index (χ3n) is 3.30. The molecule has 5 heteroatoms. The van der Waals surface area contributed by atoms with Gasteiger partial charge >= 0.3 is 6.09 Å². The predicted octanol–water partition coefficient (Wildman–Crippen LogP) is 3.85. The molecule has 1 aromatic carbocycles. The number of hydrogen-bond acceptors (Lipinski definition) is 3. The van der Waals surface area contributed by atoms with E-state index in [0.717, 1.165) is 5.69 Å². The van der Waals surface area contributed by atoms with Crippen molar-refractivity contribution in [2.45, 2.75) is 33.3 Å². The molecule has 124 valence electrons. The number of para-hydroxylation sites is 1. The number of halogens is 1. The van der Waals surface area contributed by atoms with Crippen molar-refractivity contribution in [1.29, 1.82) is 0 Å². The molecule has 2 N–H and O–H groups in total. The van der Waals surface area contributed by atoms with Gasteiger partial charge in [0.1, 0.15) is 5.60 Å². The van der Waals surface area contributed by atoms with E-state index in [9.17, 15) is 9.18 Å². The summed E-state index contributed by atoms with van der Waals surface area (Å²) in [4.78, 5) is 11.7. The molecule has 0 aliphatic heterocycles. The number of alkyl carbamates (subject to hydrolysis) is 1. The first-order valence-corrected chi connectivity index (χ1v) is 7.63. The molecule has 4 nitrogen and oxygen atoms in total. The summed E-state index contributed by atoms with van der Waals surface area (Å²) in [5, 5.41) is 6.00. The van der Waals surface area contributed by atoms with Gasteiger partial charge in [0.05, 0.1) is 6.67 Å². The second-order valence-electron chi connectivity index (χ2n) is 6.52. The van der Waals surface area contributed by atoms with Gasteiger partial charge in [-0.2, -0.15) is 0 Å². The Hall–Kier alpha value is -1.78. The average molecular weight is 310 g/mol. The molecular weight excluding hydrogens is 283 g/mol. The van der Waals surface area contributed by atoms with E-state index in [0.29, 0.717) is 13.1 Å². The highest BCUT2D eigenvalue weighted by atomic mass is 19.1. The lowest BCUT2D eigenvalue weighted by atomic mass is 9.95. The molecule has 0 aliphatic carbocycles. The van der Waals surface area contributed by atoms with Crippen LogP contribution in [0.4, 0.5) is 14.9 Å². The molecule has 1 rings (SSSR count). The fraction of sp³-hybridized carbons (Fsp3) is 0.588. The number of rotatable bonds is 7. The van der Waals surface area contributed by atoms with Crippen LogP contribution in [0.3, 0.4) is 0 Å². The van der Waals surface area contributed by atoms with Gasteiger partial charge in [-0.15, -0.1) is 0 Å². The Balaban J connectivity index is 2.49. The molecular formula is C17H27FN2O2. The smallest absolute Gasteiger partial charge is 0.407 e. The summed E-state index contributed by atoms with van der Waals surface area (Å²) in [7, 11) is 0. The highest BCUT2D eigenvalue weighted by molar-refractivity contribution is 5.67. The molecule has 0 fully saturated rings. The van der Waals surface area contributed by atoms with E-state index in [1.54, 1.807) is 0 Å². The highest BCUT2D eigenvalue weighted by Crippen LogP contribution is 2.14. The molecule has 1 aromatic rings. The summed E-state index contributed by atoms with van der Waals surface area (Å²) in [6.07, 6.45) is -0.469. The van der Waals surface area contributed by atoms with Gasteiger partial charge in [-0.05, 0) is 44.7 Å². The lowest BCUT2D eigenvalue weighted by Gasteiger charge is -2.25. The molecule has 0 aromatic heterocycles. The van der Waals surface area contributed by atoms with Crippen LogP contribution in [0.2, 0.25) is 0 Å². The van der Waals surface area contributed by atoms with Crippen LogP contribution in [0.25, 0.3) is 0 Å². The molecule has 0 bridgehead atoms. The molecule has 0 heterocycles. The van der Waals surface area contributed by atoms with Gasteiger partial charge in [-0.1, -0.05) is 25.1 Å². The van der Waals surface area contributed by atoms with E-state index >= 15 is 0 Å². The van der Waals surface area contributed by atoms with Crippen LogP contribution in [0.15, 0.2) is 30.3 Å². The number of hydrogen-bond donors (Lipinski definition) is 2. The summed E-state index contributed by atoms with van der Waals surface area (Å²) in [6, 6.07) is 9.73. The second-order valence-corrected chi connectivity index (χ2v) is 6.52. The first-order valence-electron chi connectivity index (χ1n) is 7.63. The Morgan fingerprint density at radius 2 is 1.86 bits per heavy atom. The first kappa shape index (κ1) is 18.3.